The Bertz CT molecular complexity index is 2850. The lowest BCUT2D eigenvalue weighted by Crippen LogP contribution is -3.07. The van der Waals surface area contributed by atoms with Crippen molar-refractivity contribution in [2.75, 3.05) is 19.8 Å². The van der Waals surface area contributed by atoms with Crippen LogP contribution in [0, 0.1) is 5.41 Å². The number of aliphatic hydroxyl groups excluding tert-OH is 3. The number of rotatable bonds is 14. The van der Waals surface area contributed by atoms with Crippen LogP contribution in [-0.2, 0) is 28.6 Å². The molecule has 0 aromatic carbocycles. The van der Waals surface area contributed by atoms with Gasteiger partial charge in [0, 0.05) is 0 Å². The molecule has 0 spiro atoms. The largest absolute Gasteiger partial charge is 0.390 e. The van der Waals surface area contributed by atoms with E-state index >= 15 is 145 Å². The van der Waals surface area contributed by atoms with Crippen molar-refractivity contribution >= 4 is 17.3 Å². The zero-order valence-electron chi connectivity index (χ0n) is 40.3. The topological polar surface area (TPSA) is 140 Å². The van der Waals surface area contributed by atoms with E-state index in [-0.39, 0.29) is 6.92 Å². The predicted molar refractivity (Wildman–Crippen MR) is 185 cm³/mol. The van der Waals surface area contributed by atoms with E-state index in [1.165, 1.54) is 0 Å². The van der Waals surface area contributed by atoms with Gasteiger partial charge in [-0.3, -0.25) is 14.4 Å². The van der Waals surface area contributed by atoms with Crippen LogP contribution in [0.5, 0.6) is 0 Å². The molecule has 48 heteroatoms. The van der Waals surface area contributed by atoms with Crippen LogP contribution in [0.4, 0.5) is 171 Å². The van der Waals surface area contributed by atoms with Gasteiger partial charge >= 0.3 is 140 Å². The van der Waals surface area contributed by atoms with Crippen LogP contribution >= 0.6 is 0 Å². The van der Waals surface area contributed by atoms with Crippen LogP contribution in [-0.4, -0.2) is 227 Å². The summed E-state index contributed by atoms with van der Waals surface area (Å²) in [5.41, 5.74) is -104. The Kier molecular flexibility index (Phi) is 12.0. The number of ether oxygens (including phenoxy) is 3. The van der Waals surface area contributed by atoms with E-state index in [0.717, 1.165) is 0 Å². The molecule has 0 aromatic heterocycles. The fourth-order valence-electron chi connectivity index (χ4n) is 14.0. The van der Waals surface area contributed by atoms with Crippen LogP contribution in [0.25, 0.3) is 0 Å². The fraction of sp³-hybridized carbons (Fsp3) is 0.925. The molecule has 0 radical (unpaired) electrons. The third-order valence-corrected chi connectivity index (χ3v) is 18.8. The standard InChI is InChI=1S/C40H19F39O9/c1-2-3-13(7(80)4-86-38(77)17(44)10(83)14(41)26(53,54)20(47,32(17,65)66)35(71,72)23(38,50)29(14,59)60,8(81)5-87-39(78)18(45)11(84)15(42)27(55,56)21(48,33(18,67)68)36(73,74)24(39,51)30(15,61)62)9(82)6-88-40(79)19(46)12(85)16(43)28(57,58)22(49,34(19,69)70)37(75,76)25(40,52)31(16,63)64/h7-9,80-82H,2-6H2,1H3. The first-order chi connectivity index (χ1) is 38.4. The highest BCUT2D eigenvalue weighted by Gasteiger charge is 3.23. The van der Waals surface area contributed by atoms with E-state index in [9.17, 15) is 56.0 Å². The van der Waals surface area contributed by atoms with Crippen LogP contribution in [0.1, 0.15) is 19.8 Å². The predicted octanol–water partition coefficient (Wildman–Crippen LogP) is 8.86. The Morgan fingerprint density at radius 1 is 0.284 bits per heavy atom. The van der Waals surface area contributed by atoms with Crippen molar-refractivity contribution in [3.63, 3.8) is 0 Å². The van der Waals surface area contributed by atoms with E-state index in [1.54, 1.807) is 0 Å². The van der Waals surface area contributed by atoms with Crippen molar-refractivity contribution in [2.45, 2.75) is 195 Å². The highest BCUT2D eigenvalue weighted by atomic mass is 19.4. The maximum Gasteiger partial charge on any atom is 0.340 e. The number of hydrogen-bond acceptors (Lipinski definition) is 9. The van der Waals surface area contributed by atoms with Crippen molar-refractivity contribution < 1.29 is 215 Å². The third kappa shape index (κ3) is 4.61. The summed E-state index contributed by atoms with van der Waals surface area (Å²) in [5.74, 6) is -142. The monoisotopic (exact) mass is 1380 g/mol. The van der Waals surface area contributed by atoms with Crippen molar-refractivity contribution in [3.8, 4) is 0 Å². The molecule has 12 rings (SSSR count). The maximum atomic E-state index is 17.0. The van der Waals surface area contributed by atoms with Gasteiger partial charge in [0.05, 0.1) is 43.5 Å². The molecule has 12 aliphatic rings. The van der Waals surface area contributed by atoms with E-state index in [2.05, 4.69) is 14.2 Å². The Morgan fingerprint density at radius 2 is 0.443 bits per heavy atom. The van der Waals surface area contributed by atoms with Gasteiger partial charge < -0.3 is 29.5 Å². The molecular weight excluding hydrogens is 1370 g/mol. The van der Waals surface area contributed by atoms with Crippen LogP contribution in [0.15, 0.2) is 0 Å². The van der Waals surface area contributed by atoms with Gasteiger partial charge in [0.25, 0.3) is 17.0 Å². The molecule has 88 heavy (non-hydrogen) atoms. The van der Waals surface area contributed by atoms with E-state index in [4.69, 9.17) is 0 Å². The minimum Gasteiger partial charge on any atom is -0.390 e. The van der Waals surface area contributed by atoms with Gasteiger partial charge in [0.15, 0.2) is 0 Å². The van der Waals surface area contributed by atoms with E-state index in [0.29, 0.717) is 0 Å². The fourth-order valence-corrected chi connectivity index (χ4v) is 14.0. The highest BCUT2D eigenvalue weighted by molar-refractivity contribution is 6.06. The van der Waals surface area contributed by atoms with E-state index in [1.807, 2.05) is 0 Å². The molecule has 18 unspecified atom stereocenters. The van der Waals surface area contributed by atoms with Crippen molar-refractivity contribution in [1.29, 1.82) is 0 Å². The van der Waals surface area contributed by atoms with Crippen LogP contribution in [0.3, 0.4) is 0 Å². The Morgan fingerprint density at radius 3 is 0.614 bits per heavy atom. The average molecular weight is 1380 g/mol. The first-order valence-electron chi connectivity index (χ1n) is 22.9. The van der Waals surface area contributed by atoms with Gasteiger partial charge in [-0.2, -0.15) is 105 Å². The molecular formula is C40H19F39O9. The number of ketones is 3. The Hall–Kier alpha value is -3.96. The molecule has 12 fully saturated rings. The molecule has 0 amide bonds. The second-order valence-corrected chi connectivity index (χ2v) is 21.9. The number of Topliss-reactive ketones (excluding diaryl/α,β-unsaturated/α-hetero) is 3. The first kappa shape index (κ1) is 68.4. The molecule has 3 N–H and O–H groups in total. The molecule has 12 saturated carbocycles. The van der Waals surface area contributed by atoms with Gasteiger partial charge in [-0.05, 0) is 6.42 Å². The van der Waals surface area contributed by atoms with Gasteiger partial charge in [-0.1, -0.05) is 13.3 Å². The maximum absolute atomic E-state index is 17.0. The van der Waals surface area contributed by atoms with Crippen molar-refractivity contribution in [3.05, 3.63) is 0 Å². The summed E-state index contributed by atoms with van der Waals surface area (Å²) in [6.45, 7) is -12.5. The molecule has 12 bridgehead atoms. The summed E-state index contributed by atoms with van der Waals surface area (Å²) in [6, 6.07) is 0. The molecule has 506 valence electrons. The van der Waals surface area contributed by atoms with Gasteiger partial charge in [0.1, 0.15) is 0 Å². The second-order valence-electron chi connectivity index (χ2n) is 21.9. The number of aliphatic hydroxyl groups is 3. The molecule has 0 heterocycles. The lowest BCUT2D eigenvalue weighted by Gasteiger charge is -2.71. The Balaban J connectivity index is 1.23. The quantitative estimate of drug-likeness (QED) is 0.146. The summed E-state index contributed by atoms with van der Waals surface area (Å²) < 4.78 is 622. The summed E-state index contributed by atoms with van der Waals surface area (Å²) >= 11 is 0. The van der Waals surface area contributed by atoms with Crippen molar-refractivity contribution in [2.24, 2.45) is 5.41 Å². The third-order valence-electron chi connectivity index (χ3n) is 18.8. The van der Waals surface area contributed by atoms with Gasteiger partial charge in [0.2, 0.25) is 17.3 Å². The number of carbonyl (C=O) groups excluding carboxylic acids is 3. The average Bonchev–Trinajstić information content (AvgIpc) is 0.615. The molecule has 12 aliphatic carbocycles. The number of hydrogen-bond donors (Lipinski definition) is 3. The normalized spacial score (nSPS) is 52.6. The lowest BCUT2D eigenvalue weighted by atomic mass is 9.41. The Labute approximate surface area is 453 Å². The second kappa shape index (κ2) is 15.5. The zero-order valence-corrected chi connectivity index (χ0v) is 40.3. The molecule has 0 aromatic rings. The number of carbonyl (C=O) groups is 3. The summed E-state index contributed by atoms with van der Waals surface area (Å²) in [7, 11) is 0. The SMILES string of the molecule is CCCC(C(O)COC1(F)C2(F)C(=O)C3(F)C(F)(F)C(F)(C2(F)F)C(F)(F)C1(F)C3(F)F)(C(O)COC1(F)C2(F)C(=O)C3(F)C(F)(F)C(F)(C2(F)F)C(F)(F)C1(F)C3(F)F)C(O)COC1(F)C2(F)C(=O)C3(F)C(F)(F)C(F)(C2(F)F)C(F)(F)C1(F)C3(F)F. The van der Waals surface area contributed by atoms with Crippen LogP contribution in [0.2, 0.25) is 0 Å². The van der Waals surface area contributed by atoms with Gasteiger partial charge in [-0.15, -0.1) is 0 Å². The number of halogens is 39. The minimum absolute atomic E-state index is 0.0832. The molecule has 9 nitrogen and oxygen atoms in total. The molecule has 0 aliphatic heterocycles. The first-order valence-corrected chi connectivity index (χ1v) is 22.9. The summed E-state index contributed by atoms with van der Waals surface area (Å²) in [5, 5.41) is 33.9. The molecule has 18 atom stereocenters. The zero-order chi connectivity index (χ0) is 69.1. The molecule has 0 saturated heterocycles. The summed E-state index contributed by atoms with van der Waals surface area (Å²) in [4.78, 5) is 38.0. The highest BCUT2D eigenvalue weighted by Crippen LogP contribution is 2.89. The lowest BCUT2D eigenvalue weighted by molar-refractivity contribution is -0.556. The van der Waals surface area contributed by atoms with Crippen LogP contribution < -0.4 is 0 Å². The minimum atomic E-state index is -8.69. The van der Waals surface area contributed by atoms with Gasteiger partial charge in [-0.25, -0.2) is 65.9 Å². The van der Waals surface area contributed by atoms with E-state index < -0.39 is 230 Å². The van der Waals surface area contributed by atoms with Crippen molar-refractivity contribution in [1.82, 2.24) is 0 Å². The smallest absolute Gasteiger partial charge is 0.340 e. The number of alkyl halides is 39. The summed E-state index contributed by atoms with van der Waals surface area (Å²) in [6.07, 6.45) is -20.1.